The third kappa shape index (κ3) is 5.08. The molecular formula is C20H28N4O2. The van der Waals surface area contributed by atoms with E-state index in [2.05, 4.69) is 27.3 Å². The largest absolute Gasteiger partial charge is 0.494 e. The molecule has 3 rings (SSSR count). The van der Waals surface area contributed by atoms with Gasteiger partial charge < -0.3 is 14.6 Å². The third-order valence-electron chi connectivity index (χ3n) is 4.86. The van der Waals surface area contributed by atoms with Crippen molar-refractivity contribution in [1.29, 1.82) is 0 Å². The van der Waals surface area contributed by atoms with Crippen LogP contribution >= 0.6 is 0 Å². The van der Waals surface area contributed by atoms with Gasteiger partial charge in [0.1, 0.15) is 5.75 Å². The van der Waals surface area contributed by atoms with Gasteiger partial charge >= 0.3 is 0 Å². The summed E-state index contributed by atoms with van der Waals surface area (Å²) >= 11 is 0. The summed E-state index contributed by atoms with van der Waals surface area (Å²) in [4.78, 5) is 18.4. The molecule has 0 unspecified atom stereocenters. The molecule has 26 heavy (non-hydrogen) atoms. The van der Waals surface area contributed by atoms with Crippen LogP contribution in [0.5, 0.6) is 5.75 Å². The second-order valence-electron chi connectivity index (χ2n) is 6.74. The molecule has 2 aromatic rings. The highest BCUT2D eigenvalue weighted by atomic mass is 16.5. The van der Waals surface area contributed by atoms with E-state index in [-0.39, 0.29) is 11.9 Å². The Hall–Kier alpha value is -2.34. The lowest BCUT2D eigenvalue weighted by Gasteiger charge is -2.34. The second-order valence-corrected chi connectivity index (χ2v) is 6.74. The van der Waals surface area contributed by atoms with Crippen LogP contribution in [0.2, 0.25) is 0 Å². The van der Waals surface area contributed by atoms with E-state index in [0.717, 1.165) is 51.1 Å². The highest BCUT2D eigenvalue weighted by Gasteiger charge is 2.27. The van der Waals surface area contributed by atoms with Crippen LogP contribution in [0, 0.1) is 0 Å². The molecular weight excluding hydrogens is 328 g/mol. The van der Waals surface area contributed by atoms with Crippen molar-refractivity contribution >= 4 is 5.91 Å². The van der Waals surface area contributed by atoms with Crippen LogP contribution in [0.1, 0.15) is 31.2 Å². The zero-order valence-electron chi connectivity index (χ0n) is 15.4. The van der Waals surface area contributed by atoms with Crippen molar-refractivity contribution in [3.63, 3.8) is 0 Å². The molecule has 0 aliphatic carbocycles. The number of benzene rings is 1. The number of aromatic nitrogens is 2. The number of carbonyl (C=O) groups excluding carboxylic acids is 1. The first-order valence-electron chi connectivity index (χ1n) is 9.39. The van der Waals surface area contributed by atoms with Crippen LogP contribution in [0.4, 0.5) is 0 Å². The number of rotatable bonds is 8. The average Bonchev–Trinajstić information content (AvgIpc) is 3.20. The number of likely N-dealkylation sites (tertiary alicyclic amines) is 1. The van der Waals surface area contributed by atoms with Crippen molar-refractivity contribution in [2.24, 2.45) is 0 Å². The molecule has 140 valence electrons. The molecule has 1 aliphatic heterocycles. The molecule has 1 atom stereocenters. The minimum atomic E-state index is -0.00662. The summed E-state index contributed by atoms with van der Waals surface area (Å²) in [6.45, 7) is 3.37. The first-order chi connectivity index (χ1) is 12.8. The van der Waals surface area contributed by atoms with Crippen LogP contribution in [-0.4, -0.2) is 46.6 Å². The van der Waals surface area contributed by atoms with Gasteiger partial charge in [0.2, 0.25) is 5.91 Å². The Labute approximate surface area is 155 Å². The molecule has 1 fully saturated rings. The number of nitrogens with zero attached hydrogens (tertiary/aromatic N) is 3. The summed E-state index contributed by atoms with van der Waals surface area (Å²) in [5.74, 6) is 1.02. The maximum Gasteiger partial charge on any atom is 0.237 e. The van der Waals surface area contributed by atoms with E-state index < -0.39 is 0 Å². The number of amides is 1. The van der Waals surface area contributed by atoms with Gasteiger partial charge in [-0.15, -0.1) is 0 Å². The Morgan fingerprint density at radius 1 is 1.31 bits per heavy atom. The average molecular weight is 356 g/mol. The molecule has 0 saturated carbocycles. The van der Waals surface area contributed by atoms with Gasteiger partial charge in [-0.2, -0.15) is 0 Å². The van der Waals surface area contributed by atoms with Gasteiger partial charge in [0.05, 0.1) is 19.0 Å². The van der Waals surface area contributed by atoms with Crippen molar-refractivity contribution in [2.75, 3.05) is 20.2 Å². The number of carbonyl (C=O) groups is 1. The van der Waals surface area contributed by atoms with E-state index in [1.165, 1.54) is 5.56 Å². The molecule has 6 nitrogen and oxygen atoms in total. The minimum absolute atomic E-state index is 0.00662. The smallest absolute Gasteiger partial charge is 0.237 e. The van der Waals surface area contributed by atoms with Crippen molar-refractivity contribution in [2.45, 2.75) is 44.8 Å². The lowest BCUT2D eigenvalue weighted by Crippen LogP contribution is -2.48. The Morgan fingerprint density at radius 2 is 2.15 bits per heavy atom. The number of hydrogen-bond acceptors (Lipinski definition) is 4. The van der Waals surface area contributed by atoms with Crippen LogP contribution in [0.3, 0.4) is 0 Å². The Balaban J connectivity index is 1.46. The molecule has 2 heterocycles. The molecule has 1 saturated heterocycles. The fraction of sp³-hybridized carbons (Fsp3) is 0.500. The van der Waals surface area contributed by atoms with E-state index in [4.69, 9.17) is 4.74 Å². The molecule has 1 aromatic carbocycles. The fourth-order valence-electron chi connectivity index (χ4n) is 3.43. The van der Waals surface area contributed by atoms with Gasteiger partial charge in [0, 0.05) is 32.5 Å². The maximum absolute atomic E-state index is 12.1. The fourth-order valence-corrected chi connectivity index (χ4v) is 3.43. The molecule has 0 spiro atoms. The van der Waals surface area contributed by atoms with Gasteiger partial charge in [0.15, 0.2) is 0 Å². The summed E-state index contributed by atoms with van der Waals surface area (Å²) in [6, 6.07) is 8.23. The summed E-state index contributed by atoms with van der Waals surface area (Å²) in [6.07, 6.45) is 9.74. The second kappa shape index (κ2) is 9.38. The number of nitrogens with one attached hydrogen (secondary N) is 1. The first-order valence-corrected chi connectivity index (χ1v) is 9.39. The highest BCUT2D eigenvalue weighted by Crippen LogP contribution is 2.21. The van der Waals surface area contributed by atoms with Gasteiger partial charge in [-0.05, 0) is 43.5 Å². The maximum atomic E-state index is 12.1. The standard InChI is InChI=1S/C20H28N4O2/c1-21-20(25)19-5-2-3-12-24(19)15-17-6-8-18(9-7-17)26-14-4-11-23-13-10-22-16-23/h6-10,13,16,19H,2-5,11-12,14-15H2,1H3,(H,21,25)/t19-/m1/s1. The Kier molecular flexibility index (Phi) is 6.66. The lowest BCUT2D eigenvalue weighted by molar-refractivity contribution is -0.127. The zero-order chi connectivity index (χ0) is 18.2. The van der Waals surface area contributed by atoms with E-state index in [0.29, 0.717) is 6.61 Å². The van der Waals surface area contributed by atoms with Gasteiger partial charge in [-0.25, -0.2) is 4.98 Å². The van der Waals surface area contributed by atoms with Crippen molar-refractivity contribution in [3.05, 3.63) is 48.5 Å². The predicted molar refractivity (Wildman–Crippen MR) is 101 cm³/mol. The molecule has 1 amide bonds. The van der Waals surface area contributed by atoms with E-state index in [1.807, 2.05) is 29.2 Å². The number of aryl methyl sites for hydroxylation is 1. The van der Waals surface area contributed by atoms with E-state index in [9.17, 15) is 4.79 Å². The third-order valence-corrected chi connectivity index (χ3v) is 4.86. The Morgan fingerprint density at radius 3 is 2.88 bits per heavy atom. The van der Waals surface area contributed by atoms with Crippen molar-refractivity contribution in [1.82, 2.24) is 19.8 Å². The van der Waals surface area contributed by atoms with Crippen LogP contribution in [0.15, 0.2) is 43.0 Å². The number of ether oxygens (including phenoxy) is 1. The zero-order valence-corrected chi connectivity index (χ0v) is 15.4. The van der Waals surface area contributed by atoms with E-state index >= 15 is 0 Å². The van der Waals surface area contributed by atoms with Crippen LogP contribution < -0.4 is 10.1 Å². The number of likely N-dealkylation sites (N-methyl/N-ethyl adjacent to an activating group) is 1. The number of imidazole rings is 1. The molecule has 6 heteroatoms. The van der Waals surface area contributed by atoms with Gasteiger partial charge in [-0.1, -0.05) is 18.6 Å². The predicted octanol–water partition coefficient (Wildman–Crippen LogP) is 2.45. The van der Waals surface area contributed by atoms with Gasteiger partial charge in [-0.3, -0.25) is 9.69 Å². The summed E-state index contributed by atoms with van der Waals surface area (Å²) in [5, 5.41) is 2.79. The number of piperidine rings is 1. The van der Waals surface area contributed by atoms with E-state index in [1.54, 1.807) is 13.2 Å². The summed E-state index contributed by atoms with van der Waals surface area (Å²) < 4.78 is 7.86. The lowest BCUT2D eigenvalue weighted by atomic mass is 10.0. The minimum Gasteiger partial charge on any atom is -0.494 e. The topological polar surface area (TPSA) is 59.4 Å². The van der Waals surface area contributed by atoms with Crippen molar-refractivity contribution in [3.8, 4) is 5.75 Å². The molecule has 1 aromatic heterocycles. The van der Waals surface area contributed by atoms with Crippen LogP contribution in [-0.2, 0) is 17.9 Å². The number of hydrogen-bond donors (Lipinski definition) is 1. The highest BCUT2D eigenvalue weighted by molar-refractivity contribution is 5.81. The quantitative estimate of drug-likeness (QED) is 0.738. The SMILES string of the molecule is CNC(=O)[C@H]1CCCCN1Cc1ccc(OCCCn2ccnc2)cc1. The monoisotopic (exact) mass is 356 g/mol. The van der Waals surface area contributed by atoms with Crippen molar-refractivity contribution < 1.29 is 9.53 Å². The normalized spacial score (nSPS) is 17.8. The molecule has 0 bridgehead atoms. The molecule has 1 N–H and O–H groups in total. The molecule has 0 radical (unpaired) electrons. The van der Waals surface area contributed by atoms with Crippen LogP contribution in [0.25, 0.3) is 0 Å². The first kappa shape index (κ1) is 18.5. The Bertz CT molecular complexity index is 670. The summed E-state index contributed by atoms with van der Waals surface area (Å²) in [7, 11) is 1.72. The molecule has 1 aliphatic rings. The van der Waals surface area contributed by atoms with Gasteiger partial charge in [0.25, 0.3) is 0 Å². The summed E-state index contributed by atoms with van der Waals surface area (Å²) in [5.41, 5.74) is 1.21.